The zero-order valence-corrected chi connectivity index (χ0v) is 26.9. The van der Waals surface area contributed by atoms with Gasteiger partial charge in [0, 0.05) is 0 Å². The summed E-state index contributed by atoms with van der Waals surface area (Å²) in [5, 5.41) is 0. The third kappa shape index (κ3) is 7.96. The van der Waals surface area contributed by atoms with Gasteiger partial charge in [0.05, 0.1) is 22.3 Å². The maximum Gasteiger partial charge on any atom is 0.586 e. The van der Waals surface area contributed by atoms with Gasteiger partial charge in [0.2, 0.25) is 0 Å². The highest BCUT2D eigenvalue weighted by Crippen LogP contribution is 2.52. The molecule has 0 bridgehead atoms. The van der Waals surface area contributed by atoms with Crippen LogP contribution in [0.3, 0.4) is 0 Å². The van der Waals surface area contributed by atoms with E-state index in [-0.39, 0.29) is 28.6 Å². The van der Waals surface area contributed by atoms with Gasteiger partial charge < -0.3 is 18.9 Å². The first kappa shape index (κ1) is 38.4. The van der Waals surface area contributed by atoms with Gasteiger partial charge in [-0.25, -0.2) is 9.47 Å². The van der Waals surface area contributed by atoms with Crippen molar-refractivity contribution in [3.8, 4) is 23.0 Å². The Morgan fingerprint density at radius 2 is 0.904 bits per heavy atom. The number of para-hydroxylation sites is 1. The molecule has 0 saturated heterocycles. The average Bonchev–Trinajstić information content (AvgIpc) is 3.61. The molecule has 0 aromatic heterocycles. The van der Waals surface area contributed by atoms with Crippen LogP contribution in [0.25, 0.3) is 0 Å². The quantitative estimate of drug-likeness (QED) is 0.167. The van der Waals surface area contributed by atoms with Gasteiger partial charge in [0.15, 0.2) is 23.0 Å². The molecule has 18 heteroatoms. The Labute approximate surface area is 286 Å². The summed E-state index contributed by atoms with van der Waals surface area (Å²) in [6.07, 6.45) is -22.6. The largest absolute Gasteiger partial charge is 0.586 e. The van der Waals surface area contributed by atoms with Gasteiger partial charge >= 0.3 is 37.0 Å². The van der Waals surface area contributed by atoms with Crippen LogP contribution >= 0.6 is 0 Å². The normalized spacial score (nSPS) is 20.2. The minimum absolute atomic E-state index is 0.0885. The molecule has 8 rings (SSSR count). The van der Waals surface area contributed by atoms with Crippen molar-refractivity contribution >= 4 is 0 Å². The topological polar surface area (TPSA) is 55.4 Å². The second-order valence-electron chi connectivity index (χ2n) is 11.5. The maximum atomic E-state index is 13.0. The Hall–Kier alpha value is -4.84. The summed E-state index contributed by atoms with van der Waals surface area (Å²) >= 11 is 0. The van der Waals surface area contributed by atoms with Crippen molar-refractivity contribution in [2.24, 2.45) is 0 Å². The molecule has 6 nitrogen and oxygen atoms in total. The van der Waals surface area contributed by atoms with E-state index in [1.807, 2.05) is 0 Å². The summed E-state index contributed by atoms with van der Waals surface area (Å²) in [6, 6.07) is 16.3. The fraction of sp³-hybridized carbons (Fsp3) is 0.294. The molecule has 4 heterocycles. The van der Waals surface area contributed by atoms with Crippen LogP contribution in [0, 0.1) is 27.7 Å². The number of fused-ring (bicyclic) bond motifs is 4. The zero-order valence-electron chi connectivity index (χ0n) is 26.9. The average molecular weight is 757 g/mol. The van der Waals surface area contributed by atoms with E-state index in [1.54, 1.807) is 39.0 Å². The van der Waals surface area contributed by atoms with E-state index >= 15 is 0 Å². The maximum absolute atomic E-state index is 13.0. The summed E-state index contributed by atoms with van der Waals surface area (Å²) in [7, 11) is 0. The number of ether oxygens (including phenoxy) is 6. The SMILES string of the molecule is Cc1ccc2c(c1)C(F)(F)OC2(F)F.Cc1ccc2c(c1)OC(F)(F)O2.Cc1cccc2c1C(F)(F)OC2(F)F.Cc1cccc2c1OC(F)(F)O2. The second kappa shape index (κ2) is 13.0. The van der Waals surface area contributed by atoms with Crippen LogP contribution in [0.4, 0.5) is 52.7 Å². The Bertz CT molecular complexity index is 1980. The molecule has 0 N–H and O–H groups in total. The molecular formula is C34H24F12O6. The van der Waals surface area contributed by atoms with Crippen LogP contribution in [-0.4, -0.2) is 12.6 Å². The van der Waals surface area contributed by atoms with E-state index in [0.29, 0.717) is 11.1 Å². The van der Waals surface area contributed by atoms with Gasteiger partial charge in [-0.3, -0.25) is 0 Å². The van der Waals surface area contributed by atoms with Crippen LogP contribution in [0.1, 0.15) is 44.5 Å². The fourth-order valence-electron chi connectivity index (χ4n) is 5.15. The summed E-state index contributed by atoms with van der Waals surface area (Å²) in [4.78, 5) is 0. The van der Waals surface area contributed by atoms with Crippen molar-refractivity contribution in [1.29, 1.82) is 0 Å². The van der Waals surface area contributed by atoms with E-state index in [0.717, 1.165) is 23.8 Å². The van der Waals surface area contributed by atoms with E-state index in [2.05, 4.69) is 28.4 Å². The molecule has 0 aliphatic carbocycles. The molecular weight excluding hydrogens is 732 g/mol. The van der Waals surface area contributed by atoms with Gasteiger partial charge in [-0.05, 0) is 80.8 Å². The van der Waals surface area contributed by atoms with Crippen molar-refractivity contribution in [2.75, 3.05) is 0 Å². The highest BCUT2D eigenvalue weighted by atomic mass is 19.3. The molecule has 4 aliphatic rings. The van der Waals surface area contributed by atoms with Crippen molar-refractivity contribution in [3.63, 3.8) is 0 Å². The highest BCUT2D eigenvalue weighted by molar-refractivity contribution is 5.48. The van der Waals surface area contributed by atoms with Gasteiger partial charge in [0.25, 0.3) is 0 Å². The van der Waals surface area contributed by atoms with Crippen molar-refractivity contribution in [3.05, 3.63) is 117 Å². The van der Waals surface area contributed by atoms with Crippen LogP contribution in [-0.2, 0) is 33.9 Å². The molecule has 0 fully saturated rings. The monoisotopic (exact) mass is 756 g/mol. The molecule has 0 radical (unpaired) electrons. The number of hydrogen-bond donors (Lipinski definition) is 0. The number of benzene rings is 4. The molecule has 4 aromatic rings. The lowest BCUT2D eigenvalue weighted by molar-refractivity contribution is -0.370. The fourth-order valence-corrected chi connectivity index (χ4v) is 5.15. The van der Waals surface area contributed by atoms with Gasteiger partial charge in [-0.1, -0.05) is 42.0 Å². The van der Waals surface area contributed by atoms with Crippen LogP contribution < -0.4 is 18.9 Å². The number of halogens is 12. The molecule has 4 aromatic carbocycles. The van der Waals surface area contributed by atoms with E-state index in [4.69, 9.17) is 0 Å². The molecule has 4 aliphatic heterocycles. The smallest absolute Gasteiger partial charge is 0.395 e. The zero-order chi connectivity index (χ0) is 38.7. The molecule has 280 valence electrons. The number of aryl methyl sites for hydroxylation is 4. The van der Waals surface area contributed by atoms with Crippen LogP contribution in [0.2, 0.25) is 0 Å². The summed E-state index contributed by atoms with van der Waals surface area (Å²) in [5.74, 6) is 0.410. The molecule has 52 heavy (non-hydrogen) atoms. The van der Waals surface area contributed by atoms with Crippen molar-refractivity contribution in [2.45, 2.75) is 64.7 Å². The van der Waals surface area contributed by atoms with Crippen molar-refractivity contribution in [1.82, 2.24) is 0 Å². The lowest BCUT2D eigenvalue weighted by Gasteiger charge is -2.11. The Morgan fingerprint density at radius 3 is 1.56 bits per heavy atom. The first-order valence-electron chi connectivity index (χ1n) is 14.7. The Kier molecular flexibility index (Phi) is 9.58. The molecule has 0 unspecified atom stereocenters. The summed E-state index contributed by atoms with van der Waals surface area (Å²) in [5.41, 5.74) is -0.878. The van der Waals surface area contributed by atoms with Crippen molar-refractivity contribution < 1.29 is 81.1 Å². The predicted octanol–water partition coefficient (Wildman–Crippen LogP) is 10.9. The molecule has 0 atom stereocenters. The summed E-state index contributed by atoms with van der Waals surface area (Å²) in [6.45, 7) is 6.37. The van der Waals surface area contributed by atoms with Gasteiger partial charge in [0.1, 0.15) is 0 Å². The minimum Gasteiger partial charge on any atom is -0.395 e. The first-order chi connectivity index (χ1) is 23.8. The summed E-state index contributed by atoms with van der Waals surface area (Å²) < 4.78 is 177. The van der Waals surface area contributed by atoms with E-state index in [9.17, 15) is 52.7 Å². The third-order valence-electron chi connectivity index (χ3n) is 7.37. The Morgan fingerprint density at radius 1 is 0.404 bits per heavy atom. The molecule has 0 spiro atoms. The van der Waals surface area contributed by atoms with E-state index in [1.165, 1.54) is 43.3 Å². The van der Waals surface area contributed by atoms with Gasteiger partial charge in [-0.2, -0.15) is 35.1 Å². The standard InChI is InChI=1S/2C9H6F4O.2C8H6F2O2/c1-5-2-3-6-7(4-5)9(12,13)14-8(6,10)11;1-5-3-2-4-6-7(5)9(12,13)14-8(6,10)11;1-5-2-3-6-7(4-5)12-8(9,10)11-6;1-5-3-2-4-6-7(5)12-8(9,10)11-6/h2*2-4H,1H3;2*2-4H,1H3. The minimum atomic E-state index is -3.90. The molecule has 0 amide bonds. The van der Waals surface area contributed by atoms with Gasteiger partial charge in [-0.15, -0.1) is 17.6 Å². The number of hydrogen-bond acceptors (Lipinski definition) is 6. The third-order valence-corrected chi connectivity index (χ3v) is 7.37. The Balaban J connectivity index is 0.000000134. The number of alkyl halides is 12. The highest BCUT2D eigenvalue weighted by Gasteiger charge is 2.58. The lowest BCUT2D eigenvalue weighted by atomic mass is 10.0. The predicted molar refractivity (Wildman–Crippen MR) is 155 cm³/mol. The number of rotatable bonds is 0. The first-order valence-corrected chi connectivity index (χ1v) is 14.7. The van der Waals surface area contributed by atoms with Crippen LogP contribution in [0.15, 0.2) is 72.8 Å². The molecule has 0 saturated carbocycles. The lowest BCUT2D eigenvalue weighted by Crippen LogP contribution is -2.26. The second-order valence-corrected chi connectivity index (χ2v) is 11.5. The van der Waals surface area contributed by atoms with Crippen LogP contribution in [0.5, 0.6) is 23.0 Å². The van der Waals surface area contributed by atoms with E-state index < -0.39 is 59.3 Å².